The zero-order valence-electron chi connectivity index (χ0n) is 20.7. The van der Waals surface area contributed by atoms with Crippen molar-refractivity contribution in [2.45, 2.75) is 31.9 Å². The van der Waals surface area contributed by atoms with E-state index in [1.807, 2.05) is 0 Å². The summed E-state index contributed by atoms with van der Waals surface area (Å²) >= 11 is 5.91. The maximum absolute atomic E-state index is 13.1. The summed E-state index contributed by atoms with van der Waals surface area (Å²) < 4.78 is 43.6. The number of carbonyl (C=O) groups excluding carboxylic acids is 1. The van der Waals surface area contributed by atoms with E-state index in [4.69, 9.17) is 11.6 Å². The zero-order valence-corrected chi connectivity index (χ0v) is 21.5. The quantitative estimate of drug-likeness (QED) is 0.259. The van der Waals surface area contributed by atoms with E-state index in [1.165, 1.54) is 58.8 Å². The number of hydrogen-bond donors (Lipinski definition) is 2. The molecule has 0 aliphatic rings. The van der Waals surface area contributed by atoms with E-state index in [1.54, 1.807) is 12.1 Å². The Hall–Kier alpha value is -4.90. The van der Waals surface area contributed by atoms with Crippen LogP contribution in [0.2, 0.25) is 5.02 Å². The molecule has 1 aromatic carbocycles. The van der Waals surface area contributed by atoms with Gasteiger partial charge in [-0.1, -0.05) is 11.6 Å². The van der Waals surface area contributed by atoms with Crippen molar-refractivity contribution in [2.75, 3.05) is 5.32 Å². The van der Waals surface area contributed by atoms with Gasteiger partial charge in [0, 0.05) is 16.8 Å². The van der Waals surface area contributed by atoms with Gasteiger partial charge in [-0.25, -0.2) is 33.8 Å². The molecule has 0 saturated carbocycles. The van der Waals surface area contributed by atoms with Gasteiger partial charge in [0.15, 0.2) is 23.6 Å². The summed E-state index contributed by atoms with van der Waals surface area (Å²) in [5.74, 6) is -0.288. The Morgan fingerprint density at radius 2 is 1.88 bits per heavy atom. The third-order valence-electron chi connectivity index (χ3n) is 5.65. The van der Waals surface area contributed by atoms with Crippen molar-refractivity contribution in [3.8, 4) is 17.1 Å². The van der Waals surface area contributed by atoms with Crippen molar-refractivity contribution in [1.29, 1.82) is 0 Å². The van der Waals surface area contributed by atoms with Gasteiger partial charge in [-0.2, -0.15) is 18.3 Å². The highest BCUT2D eigenvalue weighted by atomic mass is 35.5. The van der Waals surface area contributed by atoms with Gasteiger partial charge in [0.2, 0.25) is 5.91 Å². The molecule has 4 aromatic heterocycles. The predicted octanol–water partition coefficient (Wildman–Crippen LogP) is 1.54. The van der Waals surface area contributed by atoms with E-state index in [0.717, 1.165) is 9.25 Å². The molecule has 0 aliphatic carbocycles. The second kappa shape index (κ2) is 11.3. The second-order valence-electron chi connectivity index (χ2n) is 8.56. The van der Waals surface area contributed by atoms with Gasteiger partial charge in [-0.15, -0.1) is 10.2 Å². The lowest BCUT2D eigenvalue weighted by Gasteiger charge is -2.15. The summed E-state index contributed by atoms with van der Waals surface area (Å²) in [6.07, 6.45) is -2.30. The van der Waals surface area contributed by atoms with Gasteiger partial charge < -0.3 is 10.4 Å². The third-order valence-corrected chi connectivity index (χ3v) is 5.90. The topological polar surface area (TPSA) is 163 Å². The number of rotatable bonds is 9. The second-order valence-corrected chi connectivity index (χ2v) is 8.99. The highest BCUT2D eigenvalue weighted by molar-refractivity contribution is 6.30. The highest BCUT2D eigenvalue weighted by Crippen LogP contribution is 2.24. The van der Waals surface area contributed by atoms with Crippen LogP contribution < -0.4 is 11.0 Å². The molecule has 41 heavy (non-hydrogen) atoms. The van der Waals surface area contributed by atoms with E-state index in [-0.39, 0.29) is 30.6 Å². The van der Waals surface area contributed by atoms with E-state index < -0.39 is 30.4 Å². The number of nitrogens with one attached hydrogen (secondary N) is 1. The molecule has 1 atom stereocenters. The molecular formula is C23H19ClF3N11O3. The Bertz CT molecular complexity index is 1710. The van der Waals surface area contributed by atoms with Crippen molar-refractivity contribution < 1.29 is 23.1 Å². The molecule has 0 bridgehead atoms. The van der Waals surface area contributed by atoms with Gasteiger partial charge >= 0.3 is 11.9 Å². The lowest BCUT2D eigenvalue weighted by Crippen LogP contribution is -2.37. The molecule has 212 valence electrons. The molecule has 0 unspecified atom stereocenters. The monoisotopic (exact) mass is 589 g/mol. The summed E-state index contributed by atoms with van der Waals surface area (Å²) in [6, 6.07) is 9.18. The van der Waals surface area contributed by atoms with E-state index in [2.05, 4.69) is 35.6 Å². The predicted molar refractivity (Wildman–Crippen MR) is 136 cm³/mol. The molecule has 0 aliphatic heterocycles. The van der Waals surface area contributed by atoms with Crippen molar-refractivity contribution in [3.63, 3.8) is 0 Å². The lowest BCUT2D eigenvalue weighted by atomic mass is 10.2. The van der Waals surface area contributed by atoms with Crippen LogP contribution in [0.1, 0.15) is 5.82 Å². The van der Waals surface area contributed by atoms with Crippen molar-refractivity contribution in [2.24, 2.45) is 0 Å². The molecule has 0 fully saturated rings. The summed E-state index contributed by atoms with van der Waals surface area (Å²) in [7, 11) is 0. The number of nitrogens with zero attached hydrogens (tertiary/aromatic N) is 10. The number of halogens is 4. The lowest BCUT2D eigenvalue weighted by molar-refractivity contribution is -0.207. The van der Waals surface area contributed by atoms with E-state index in [0.29, 0.717) is 16.3 Å². The Kier molecular flexibility index (Phi) is 7.62. The minimum atomic E-state index is -4.95. The minimum absolute atomic E-state index is 0.0829. The van der Waals surface area contributed by atoms with Crippen LogP contribution in [-0.2, 0) is 24.4 Å². The van der Waals surface area contributed by atoms with Gasteiger partial charge in [0.1, 0.15) is 37.8 Å². The molecule has 1 amide bonds. The number of pyridine rings is 1. The van der Waals surface area contributed by atoms with E-state index >= 15 is 0 Å². The van der Waals surface area contributed by atoms with E-state index in [9.17, 15) is 27.9 Å². The molecule has 5 rings (SSSR count). The first kappa shape index (κ1) is 27.7. The van der Waals surface area contributed by atoms with Gasteiger partial charge in [0.25, 0.3) is 0 Å². The van der Waals surface area contributed by atoms with Crippen molar-refractivity contribution >= 4 is 23.3 Å². The fourth-order valence-corrected chi connectivity index (χ4v) is 3.85. The molecule has 0 spiro atoms. The first-order valence-electron chi connectivity index (χ1n) is 11.7. The first-order chi connectivity index (χ1) is 19.6. The molecule has 5 aromatic rings. The van der Waals surface area contributed by atoms with Crippen LogP contribution in [0.3, 0.4) is 0 Å². The zero-order chi connectivity index (χ0) is 29.1. The van der Waals surface area contributed by atoms with Crippen LogP contribution in [0, 0.1) is 0 Å². The number of aromatic nitrogens is 10. The Morgan fingerprint density at radius 3 is 2.59 bits per heavy atom. The number of aliphatic hydroxyl groups is 1. The molecule has 14 nitrogen and oxygen atoms in total. The fourth-order valence-electron chi connectivity index (χ4n) is 3.73. The molecule has 2 N–H and O–H groups in total. The molecule has 4 heterocycles. The van der Waals surface area contributed by atoms with Gasteiger partial charge in [-0.3, -0.25) is 9.36 Å². The number of carbonyl (C=O) groups is 1. The van der Waals surface area contributed by atoms with Crippen LogP contribution in [0.4, 0.5) is 19.0 Å². The SMILES string of the molecule is O=C(Cn1cncn1)Nc1ncccc1-n1cnc(Cn2nc(-c3ccc(Cl)cc3)n(C[C@H](O)C(F)(F)F)c2=O)n1. The minimum Gasteiger partial charge on any atom is -0.382 e. The number of aliphatic hydroxyl groups excluding tert-OH is 1. The fraction of sp³-hybridized carbons (Fsp3) is 0.217. The average molecular weight is 590 g/mol. The molecular weight excluding hydrogens is 571 g/mol. The molecule has 18 heteroatoms. The molecule has 0 radical (unpaired) electrons. The number of alkyl halides is 3. The maximum atomic E-state index is 13.1. The smallest absolute Gasteiger partial charge is 0.382 e. The van der Waals surface area contributed by atoms with Crippen molar-refractivity contribution in [1.82, 2.24) is 48.9 Å². The maximum Gasteiger partial charge on any atom is 0.416 e. The summed E-state index contributed by atoms with van der Waals surface area (Å²) in [5.41, 5.74) is -0.261. The van der Waals surface area contributed by atoms with Crippen LogP contribution in [0.5, 0.6) is 0 Å². The summed E-state index contributed by atoms with van der Waals surface area (Å²) in [6.45, 7) is -1.49. The Balaban J connectivity index is 1.41. The van der Waals surface area contributed by atoms with Crippen LogP contribution >= 0.6 is 11.6 Å². The average Bonchev–Trinajstić information content (AvgIpc) is 3.67. The number of hydrogen-bond acceptors (Lipinski definition) is 9. The Morgan fingerprint density at radius 1 is 1.10 bits per heavy atom. The largest absolute Gasteiger partial charge is 0.416 e. The highest BCUT2D eigenvalue weighted by Gasteiger charge is 2.39. The normalized spacial score (nSPS) is 12.4. The standard InChI is InChI=1S/C23H19ClF3N11O3/c24-15-5-3-14(4-6-15)21-34-37(22(41)36(21)8-17(39)23(25,26)27)9-18-30-13-38(33-18)16-2-1-7-29-20(16)32-19(40)10-35-12-28-11-31-35/h1-7,11-13,17,39H,8-10H2,(H,29,32,40)/t17-/m0/s1. The first-order valence-corrected chi connectivity index (χ1v) is 12.1. The summed E-state index contributed by atoms with van der Waals surface area (Å²) in [5, 5.41) is 25.1. The van der Waals surface area contributed by atoms with Crippen LogP contribution in [0.15, 0.2) is 66.4 Å². The van der Waals surface area contributed by atoms with Gasteiger partial charge in [-0.05, 0) is 36.4 Å². The number of anilines is 1. The molecule has 0 saturated heterocycles. The van der Waals surface area contributed by atoms with Crippen LogP contribution in [-0.4, -0.2) is 72.2 Å². The Labute approximate surface area is 232 Å². The van der Waals surface area contributed by atoms with Crippen LogP contribution in [0.25, 0.3) is 17.1 Å². The number of benzene rings is 1. The van der Waals surface area contributed by atoms with Gasteiger partial charge in [0.05, 0.1) is 6.54 Å². The van der Waals surface area contributed by atoms with Crippen molar-refractivity contribution in [3.05, 3.63) is 82.9 Å². The number of amides is 1. The third kappa shape index (κ3) is 6.30. The summed E-state index contributed by atoms with van der Waals surface area (Å²) in [4.78, 5) is 37.7.